The quantitative estimate of drug-likeness (QED) is 0.122. The van der Waals surface area contributed by atoms with E-state index in [4.69, 9.17) is 0 Å². The molecule has 0 spiro atoms. The van der Waals surface area contributed by atoms with Crippen LogP contribution in [0.5, 0.6) is 0 Å². The van der Waals surface area contributed by atoms with E-state index < -0.39 is 0 Å². The minimum Gasteiger partial charge on any atom is -0.362 e. The van der Waals surface area contributed by atoms with Gasteiger partial charge in [0.15, 0.2) is 0 Å². The zero-order valence-corrected chi connectivity index (χ0v) is 32.1. The second-order valence-electron chi connectivity index (χ2n) is 15.5. The Morgan fingerprint density at radius 1 is 0.482 bits per heavy atom. The van der Waals surface area contributed by atoms with Gasteiger partial charge in [-0.3, -0.25) is 0 Å². The third kappa shape index (κ3) is 6.61. The minimum absolute atomic E-state index is 0.0405. The topological polar surface area (TPSA) is 17.0 Å². The van der Waals surface area contributed by atoms with Crippen molar-refractivity contribution < 1.29 is 0 Å². The molecule has 0 fully saturated rings. The second-order valence-corrected chi connectivity index (χ2v) is 15.5. The van der Waals surface area contributed by atoms with Crippen LogP contribution in [0.25, 0.3) is 77.4 Å². The lowest BCUT2D eigenvalue weighted by molar-refractivity contribution is 0.591. The standard InChI is InChI=1S/C54H44N2/c1-54(2,3)49-24-16-27-52(56-50-25-13-11-22-46(50)47-23-12-14-26-51(47)56)53(49)40-32-34-42(35-33-40)55-36-15-5-4-6-17-38-28-30-39(31-29-38)48-37-41-18-7-8-19-43(41)44-20-9-10-21-45(44)48/h4-37,55H,1-3H3/b5-4-,17-6-,36-15+. The van der Waals surface area contributed by atoms with Crippen LogP contribution in [-0.2, 0) is 5.41 Å². The van der Waals surface area contributed by atoms with E-state index in [0.29, 0.717) is 0 Å². The maximum Gasteiger partial charge on any atom is 0.0543 e. The average Bonchev–Trinajstić information content (AvgIpc) is 3.57. The molecule has 9 rings (SSSR count). The van der Waals surface area contributed by atoms with Crippen LogP contribution in [0, 0.1) is 0 Å². The number of hydrogen-bond acceptors (Lipinski definition) is 1. The van der Waals surface area contributed by atoms with Gasteiger partial charge in [0.05, 0.1) is 16.7 Å². The van der Waals surface area contributed by atoms with Crippen molar-refractivity contribution in [2.24, 2.45) is 0 Å². The molecule has 0 aliphatic rings. The molecule has 1 N–H and O–H groups in total. The number of hydrogen-bond donors (Lipinski definition) is 1. The Hall–Kier alpha value is -6.90. The van der Waals surface area contributed by atoms with Crippen LogP contribution in [-0.4, -0.2) is 4.57 Å². The number of allylic oxidation sites excluding steroid dienone is 4. The van der Waals surface area contributed by atoms with Crippen molar-refractivity contribution in [3.63, 3.8) is 0 Å². The molecule has 2 nitrogen and oxygen atoms in total. The summed E-state index contributed by atoms with van der Waals surface area (Å²) in [6, 6.07) is 61.5. The summed E-state index contributed by atoms with van der Waals surface area (Å²) >= 11 is 0. The Morgan fingerprint density at radius 3 is 1.77 bits per heavy atom. The summed E-state index contributed by atoms with van der Waals surface area (Å²) in [6.07, 6.45) is 12.3. The van der Waals surface area contributed by atoms with Crippen LogP contribution in [0.4, 0.5) is 5.69 Å². The van der Waals surface area contributed by atoms with Crippen LogP contribution in [0.1, 0.15) is 31.9 Å². The Bertz CT molecular complexity index is 2890. The first-order chi connectivity index (χ1) is 27.4. The normalized spacial score (nSPS) is 12.3. The molecule has 8 aromatic carbocycles. The molecule has 2 heteroatoms. The van der Waals surface area contributed by atoms with Gasteiger partial charge in [0.2, 0.25) is 0 Å². The van der Waals surface area contributed by atoms with Gasteiger partial charge in [-0.1, -0.05) is 179 Å². The fourth-order valence-corrected chi connectivity index (χ4v) is 8.13. The van der Waals surface area contributed by atoms with Crippen LogP contribution in [0.15, 0.2) is 200 Å². The van der Waals surface area contributed by atoms with E-state index in [0.717, 1.165) is 5.69 Å². The van der Waals surface area contributed by atoms with E-state index in [9.17, 15) is 0 Å². The zero-order chi connectivity index (χ0) is 38.1. The number of nitrogens with one attached hydrogen (secondary N) is 1. The number of anilines is 1. The SMILES string of the molecule is CC(C)(C)c1cccc(-n2c3ccccc3c3ccccc32)c1-c1ccc(N/C=C/C=C\C=C/c2ccc(-c3cc4ccccc4c4ccccc34)cc2)cc1. The van der Waals surface area contributed by atoms with Crippen LogP contribution < -0.4 is 5.32 Å². The highest BCUT2D eigenvalue weighted by molar-refractivity contribution is 6.14. The zero-order valence-electron chi connectivity index (χ0n) is 32.1. The first kappa shape index (κ1) is 34.8. The first-order valence-corrected chi connectivity index (χ1v) is 19.4. The minimum atomic E-state index is -0.0405. The predicted molar refractivity (Wildman–Crippen MR) is 243 cm³/mol. The Kier molecular flexibility index (Phi) is 9.17. The van der Waals surface area contributed by atoms with Crippen LogP contribution in [0.2, 0.25) is 0 Å². The lowest BCUT2D eigenvalue weighted by atomic mass is 9.81. The molecule has 0 unspecified atom stereocenters. The van der Waals surface area contributed by atoms with E-state index in [-0.39, 0.29) is 5.41 Å². The van der Waals surface area contributed by atoms with E-state index >= 15 is 0 Å². The molecule has 9 aromatic rings. The third-order valence-electron chi connectivity index (χ3n) is 10.8. The van der Waals surface area contributed by atoms with Crippen molar-refractivity contribution in [3.05, 3.63) is 211 Å². The molecule has 0 atom stereocenters. The summed E-state index contributed by atoms with van der Waals surface area (Å²) in [5.74, 6) is 0. The monoisotopic (exact) mass is 720 g/mol. The Labute approximate surface area is 329 Å². The smallest absolute Gasteiger partial charge is 0.0543 e. The van der Waals surface area contributed by atoms with E-state index in [2.05, 4.69) is 219 Å². The lowest BCUT2D eigenvalue weighted by Gasteiger charge is -2.26. The molecular weight excluding hydrogens is 677 g/mol. The van der Waals surface area contributed by atoms with Gasteiger partial charge in [-0.25, -0.2) is 0 Å². The number of nitrogens with zero attached hydrogens (tertiary/aromatic N) is 1. The summed E-state index contributed by atoms with van der Waals surface area (Å²) in [6.45, 7) is 6.90. The Balaban J connectivity index is 0.905. The van der Waals surface area contributed by atoms with E-state index in [1.54, 1.807) is 0 Å². The third-order valence-corrected chi connectivity index (χ3v) is 10.8. The molecular formula is C54H44N2. The van der Waals surface area contributed by atoms with Crippen molar-refractivity contribution in [1.29, 1.82) is 0 Å². The van der Waals surface area contributed by atoms with Gasteiger partial charge in [0, 0.05) is 28.2 Å². The second kappa shape index (κ2) is 14.7. The summed E-state index contributed by atoms with van der Waals surface area (Å²) in [7, 11) is 0. The molecule has 0 aliphatic carbocycles. The molecule has 0 saturated heterocycles. The Morgan fingerprint density at radius 2 is 1.07 bits per heavy atom. The lowest BCUT2D eigenvalue weighted by Crippen LogP contribution is -2.14. The highest BCUT2D eigenvalue weighted by atomic mass is 15.0. The molecule has 0 aliphatic heterocycles. The van der Waals surface area contributed by atoms with E-state index in [1.807, 2.05) is 18.4 Å². The van der Waals surface area contributed by atoms with Crippen molar-refractivity contribution in [2.75, 3.05) is 5.32 Å². The molecule has 0 amide bonds. The average molecular weight is 721 g/mol. The highest BCUT2D eigenvalue weighted by Gasteiger charge is 2.23. The van der Waals surface area contributed by atoms with Gasteiger partial charge in [0.25, 0.3) is 0 Å². The molecule has 0 radical (unpaired) electrons. The van der Waals surface area contributed by atoms with Gasteiger partial charge >= 0.3 is 0 Å². The predicted octanol–water partition coefficient (Wildman–Crippen LogP) is 14.9. The van der Waals surface area contributed by atoms with Gasteiger partial charge in [0.1, 0.15) is 0 Å². The van der Waals surface area contributed by atoms with Gasteiger partial charge in [-0.2, -0.15) is 0 Å². The summed E-state index contributed by atoms with van der Waals surface area (Å²) < 4.78 is 2.44. The largest absolute Gasteiger partial charge is 0.362 e. The molecule has 1 heterocycles. The number of rotatable bonds is 8. The fraction of sp³-hybridized carbons (Fsp3) is 0.0741. The van der Waals surface area contributed by atoms with Crippen molar-refractivity contribution in [1.82, 2.24) is 4.57 Å². The molecule has 0 saturated carbocycles. The van der Waals surface area contributed by atoms with Crippen LogP contribution in [0.3, 0.4) is 0 Å². The maximum absolute atomic E-state index is 3.45. The van der Waals surface area contributed by atoms with E-state index in [1.165, 1.54) is 82.4 Å². The summed E-state index contributed by atoms with van der Waals surface area (Å²) in [4.78, 5) is 0. The highest BCUT2D eigenvalue weighted by Crippen LogP contribution is 2.41. The fourth-order valence-electron chi connectivity index (χ4n) is 8.13. The van der Waals surface area contributed by atoms with Gasteiger partial charge < -0.3 is 9.88 Å². The molecule has 56 heavy (non-hydrogen) atoms. The molecule has 270 valence electrons. The molecule has 1 aromatic heterocycles. The molecule has 0 bridgehead atoms. The summed E-state index contributed by atoms with van der Waals surface area (Å²) in [5.41, 5.74) is 12.1. The first-order valence-electron chi connectivity index (χ1n) is 19.4. The van der Waals surface area contributed by atoms with Crippen molar-refractivity contribution in [2.45, 2.75) is 26.2 Å². The van der Waals surface area contributed by atoms with Crippen molar-refractivity contribution >= 4 is 55.1 Å². The number of aromatic nitrogens is 1. The number of benzene rings is 8. The van der Waals surface area contributed by atoms with Crippen LogP contribution >= 0.6 is 0 Å². The maximum atomic E-state index is 3.45. The van der Waals surface area contributed by atoms with Crippen molar-refractivity contribution in [3.8, 4) is 27.9 Å². The van der Waals surface area contributed by atoms with Gasteiger partial charge in [-0.05, 0) is 97.3 Å². The summed E-state index contributed by atoms with van der Waals surface area (Å²) in [5, 5.41) is 11.1. The number of para-hydroxylation sites is 2. The van der Waals surface area contributed by atoms with Gasteiger partial charge in [-0.15, -0.1) is 0 Å². The number of fused-ring (bicyclic) bond motifs is 6.